The van der Waals surface area contributed by atoms with Crippen molar-refractivity contribution in [3.8, 4) is 0 Å². The van der Waals surface area contributed by atoms with Gasteiger partial charge in [-0.15, -0.1) is 0 Å². The fourth-order valence-electron chi connectivity index (χ4n) is 2.92. The standard InChI is InChI=1S/C21H25NO3/c1-15-8-10-18(16(2)12-15)13-20(23)22-19(14-21(24)25)11-9-17-6-4-3-5-7-17/h3-8,10,12,19H,9,11,13-14H2,1-2H3,(H,22,23)(H,24,25). The molecule has 0 radical (unpaired) electrons. The molecule has 1 amide bonds. The summed E-state index contributed by atoms with van der Waals surface area (Å²) in [5, 5.41) is 12.0. The second kappa shape index (κ2) is 9.02. The second-order valence-electron chi connectivity index (χ2n) is 6.49. The Hall–Kier alpha value is -2.62. The first-order valence-corrected chi connectivity index (χ1v) is 8.55. The van der Waals surface area contributed by atoms with Gasteiger partial charge in [0.15, 0.2) is 0 Å². The predicted molar refractivity (Wildman–Crippen MR) is 98.6 cm³/mol. The summed E-state index contributed by atoms with van der Waals surface area (Å²) in [4.78, 5) is 23.4. The number of hydrogen-bond acceptors (Lipinski definition) is 2. The largest absolute Gasteiger partial charge is 0.481 e. The van der Waals surface area contributed by atoms with Crippen LogP contribution in [0.2, 0.25) is 0 Å². The van der Waals surface area contributed by atoms with Gasteiger partial charge in [0.1, 0.15) is 0 Å². The molecule has 2 aromatic carbocycles. The predicted octanol–water partition coefficient (Wildman–Crippen LogP) is 3.44. The zero-order valence-electron chi connectivity index (χ0n) is 14.8. The molecule has 0 aliphatic heterocycles. The number of carboxylic acids is 1. The number of carbonyl (C=O) groups excluding carboxylic acids is 1. The molecule has 1 unspecified atom stereocenters. The summed E-state index contributed by atoms with van der Waals surface area (Å²) >= 11 is 0. The Labute approximate surface area is 148 Å². The molecule has 2 rings (SSSR count). The SMILES string of the molecule is Cc1ccc(CC(=O)NC(CCc2ccccc2)CC(=O)O)c(C)c1. The Morgan fingerprint density at radius 3 is 2.44 bits per heavy atom. The zero-order chi connectivity index (χ0) is 18.2. The summed E-state index contributed by atoms with van der Waals surface area (Å²) in [6, 6.07) is 15.5. The zero-order valence-corrected chi connectivity index (χ0v) is 14.8. The van der Waals surface area contributed by atoms with Gasteiger partial charge in [0.25, 0.3) is 0 Å². The Bertz CT molecular complexity index is 725. The van der Waals surface area contributed by atoms with Crippen LogP contribution in [0.1, 0.15) is 35.1 Å². The summed E-state index contributed by atoms with van der Waals surface area (Å²) in [6.45, 7) is 4.00. The van der Waals surface area contributed by atoms with Crippen LogP contribution in [0.5, 0.6) is 0 Å². The monoisotopic (exact) mass is 339 g/mol. The molecule has 4 heteroatoms. The lowest BCUT2D eigenvalue weighted by Crippen LogP contribution is -2.37. The molecule has 4 nitrogen and oxygen atoms in total. The minimum Gasteiger partial charge on any atom is -0.481 e. The minimum absolute atomic E-state index is 0.0640. The molecule has 132 valence electrons. The average molecular weight is 339 g/mol. The van der Waals surface area contributed by atoms with Crippen LogP contribution in [0.4, 0.5) is 0 Å². The van der Waals surface area contributed by atoms with Crippen LogP contribution in [0.15, 0.2) is 48.5 Å². The average Bonchev–Trinajstić information content (AvgIpc) is 2.56. The van der Waals surface area contributed by atoms with Crippen molar-refractivity contribution in [3.63, 3.8) is 0 Å². The maximum atomic E-state index is 12.3. The molecule has 0 aliphatic rings. The van der Waals surface area contributed by atoms with Gasteiger partial charge >= 0.3 is 5.97 Å². The molecule has 0 heterocycles. The quantitative estimate of drug-likeness (QED) is 0.774. The molecule has 2 N–H and O–H groups in total. The lowest BCUT2D eigenvalue weighted by atomic mass is 10.0. The number of carboxylic acid groups (broad SMARTS) is 1. The van der Waals surface area contributed by atoms with E-state index in [1.54, 1.807) is 0 Å². The molecule has 0 aromatic heterocycles. The van der Waals surface area contributed by atoms with Gasteiger partial charge in [-0.3, -0.25) is 9.59 Å². The summed E-state index contributed by atoms with van der Waals surface area (Å²) in [5.41, 5.74) is 4.35. The molecule has 0 saturated heterocycles. The van der Waals surface area contributed by atoms with Crippen LogP contribution in [0, 0.1) is 13.8 Å². The van der Waals surface area contributed by atoms with Crippen molar-refractivity contribution in [3.05, 3.63) is 70.8 Å². The highest BCUT2D eigenvalue weighted by Crippen LogP contribution is 2.12. The second-order valence-corrected chi connectivity index (χ2v) is 6.49. The topological polar surface area (TPSA) is 66.4 Å². The van der Waals surface area contributed by atoms with Crippen LogP contribution in [-0.4, -0.2) is 23.0 Å². The number of carbonyl (C=O) groups is 2. The van der Waals surface area contributed by atoms with E-state index in [-0.39, 0.29) is 24.8 Å². The first-order chi connectivity index (χ1) is 11.9. The van der Waals surface area contributed by atoms with E-state index in [1.165, 1.54) is 0 Å². The van der Waals surface area contributed by atoms with Crippen LogP contribution >= 0.6 is 0 Å². The fraction of sp³-hybridized carbons (Fsp3) is 0.333. The highest BCUT2D eigenvalue weighted by molar-refractivity contribution is 5.80. The van der Waals surface area contributed by atoms with Gasteiger partial charge in [0.05, 0.1) is 12.8 Å². The van der Waals surface area contributed by atoms with Gasteiger partial charge in [0, 0.05) is 6.04 Å². The van der Waals surface area contributed by atoms with Crippen LogP contribution in [0.25, 0.3) is 0 Å². The van der Waals surface area contributed by atoms with Crippen LogP contribution in [0.3, 0.4) is 0 Å². The maximum absolute atomic E-state index is 12.3. The van der Waals surface area contributed by atoms with E-state index in [1.807, 2.05) is 62.4 Å². The summed E-state index contributed by atoms with van der Waals surface area (Å²) in [5.74, 6) is -1.03. The van der Waals surface area contributed by atoms with Crippen molar-refractivity contribution in [2.24, 2.45) is 0 Å². The van der Waals surface area contributed by atoms with E-state index >= 15 is 0 Å². The van der Waals surface area contributed by atoms with E-state index in [0.717, 1.165) is 28.7 Å². The number of hydrogen-bond donors (Lipinski definition) is 2. The highest BCUT2D eigenvalue weighted by atomic mass is 16.4. The van der Waals surface area contributed by atoms with Gasteiger partial charge in [-0.05, 0) is 43.4 Å². The number of amides is 1. The molecule has 0 spiro atoms. The molecule has 0 aliphatic carbocycles. The van der Waals surface area contributed by atoms with E-state index in [9.17, 15) is 9.59 Å². The van der Waals surface area contributed by atoms with Crippen molar-refractivity contribution in [2.45, 2.75) is 45.6 Å². The maximum Gasteiger partial charge on any atom is 0.305 e. The minimum atomic E-state index is -0.898. The third-order valence-corrected chi connectivity index (χ3v) is 4.26. The number of aryl methyl sites for hydroxylation is 3. The number of benzene rings is 2. The fourth-order valence-corrected chi connectivity index (χ4v) is 2.92. The normalized spacial score (nSPS) is 11.8. The molecule has 1 atom stereocenters. The van der Waals surface area contributed by atoms with Gasteiger partial charge in [0.2, 0.25) is 5.91 Å². The summed E-state index contributed by atoms with van der Waals surface area (Å²) < 4.78 is 0. The van der Waals surface area contributed by atoms with Gasteiger partial charge < -0.3 is 10.4 Å². The van der Waals surface area contributed by atoms with E-state index in [2.05, 4.69) is 5.32 Å². The Morgan fingerprint density at radius 1 is 1.08 bits per heavy atom. The molecular formula is C21H25NO3. The molecule has 0 bridgehead atoms. The van der Waals surface area contributed by atoms with Crippen molar-refractivity contribution in [1.82, 2.24) is 5.32 Å². The van der Waals surface area contributed by atoms with E-state index in [0.29, 0.717) is 6.42 Å². The van der Waals surface area contributed by atoms with Crippen molar-refractivity contribution >= 4 is 11.9 Å². The third kappa shape index (κ3) is 6.42. The highest BCUT2D eigenvalue weighted by Gasteiger charge is 2.17. The number of nitrogens with one attached hydrogen (secondary N) is 1. The third-order valence-electron chi connectivity index (χ3n) is 4.26. The molecule has 0 fully saturated rings. The summed E-state index contributed by atoms with van der Waals surface area (Å²) in [6.07, 6.45) is 1.55. The van der Waals surface area contributed by atoms with Crippen molar-refractivity contribution in [1.29, 1.82) is 0 Å². The van der Waals surface area contributed by atoms with Gasteiger partial charge in [-0.25, -0.2) is 0 Å². The van der Waals surface area contributed by atoms with Crippen molar-refractivity contribution in [2.75, 3.05) is 0 Å². The number of aliphatic carboxylic acids is 1. The van der Waals surface area contributed by atoms with Crippen LogP contribution < -0.4 is 5.32 Å². The lowest BCUT2D eigenvalue weighted by molar-refractivity contribution is -0.137. The molecular weight excluding hydrogens is 314 g/mol. The van der Waals surface area contributed by atoms with Crippen LogP contribution in [-0.2, 0) is 22.4 Å². The Morgan fingerprint density at radius 2 is 1.80 bits per heavy atom. The Kier molecular flexibility index (Phi) is 6.75. The van der Waals surface area contributed by atoms with Gasteiger partial charge in [-0.1, -0.05) is 54.1 Å². The Balaban J connectivity index is 1.95. The molecule has 0 saturated carbocycles. The van der Waals surface area contributed by atoms with Crippen molar-refractivity contribution < 1.29 is 14.7 Å². The first-order valence-electron chi connectivity index (χ1n) is 8.55. The van der Waals surface area contributed by atoms with E-state index in [4.69, 9.17) is 5.11 Å². The molecule has 2 aromatic rings. The molecule has 25 heavy (non-hydrogen) atoms. The smallest absolute Gasteiger partial charge is 0.305 e. The first kappa shape index (κ1) is 18.7. The van der Waals surface area contributed by atoms with Gasteiger partial charge in [-0.2, -0.15) is 0 Å². The lowest BCUT2D eigenvalue weighted by Gasteiger charge is -2.17. The van der Waals surface area contributed by atoms with E-state index < -0.39 is 5.97 Å². The number of rotatable bonds is 8. The summed E-state index contributed by atoms with van der Waals surface area (Å²) in [7, 11) is 0.